The topological polar surface area (TPSA) is 29.9 Å². The minimum atomic E-state index is 0.478. The summed E-state index contributed by atoms with van der Waals surface area (Å²) in [4.78, 5) is 4.49. The summed E-state index contributed by atoms with van der Waals surface area (Å²) < 4.78 is 2.24. The van der Waals surface area contributed by atoms with Gasteiger partial charge in [0.1, 0.15) is 5.82 Å². The maximum Gasteiger partial charge on any atom is 0.113 e. The van der Waals surface area contributed by atoms with Crippen LogP contribution in [-0.2, 0) is 6.54 Å². The van der Waals surface area contributed by atoms with Crippen LogP contribution < -0.4 is 5.32 Å². The molecule has 16 heavy (non-hydrogen) atoms. The highest BCUT2D eigenvalue weighted by atomic mass is 15.1. The lowest BCUT2D eigenvalue weighted by molar-refractivity contribution is 0.416. The van der Waals surface area contributed by atoms with E-state index in [0.717, 1.165) is 19.5 Å². The molecule has 0 fully saturated rings. The molecule has 92 valence electrons. The predicted octanol–water partition coefficient (Wildman–Crippen LogP) is 2.78. The van der Waals surface area contributed by atoms with E-state index in [2.05, 4.69) is 48.8 Å². The summed E-state index contributed by atoms with van der Waals surface area (Å²) in [6.45, 7) is 11.0. The molecular formula is C13H25N3. The second kappa shape index (κ2) is 6.69. The van der Waals surface area contributed by atoms with Crippen LogP contribution in [0.25, 0.3) is 0 Å². The van der Waals surface area contributed by atoms with Gasteiger partial charge in [-0.25, -0.2) is 4.98 Å². The van der Waals surface area contributed by atoms with E-state index in [-0.39, 0.29) is 0 Å². The molecule has 0 saturated carbocycles. The van der Waals surface area contributed by atoms with Crippen LogP contribution in [0.5, 0.6) is 0 Å². The zero-order valence-electron chi connectivity index (χ0n) is 11.0. The molecule has 2 unspecified atom stereocenters. The highest BCUT2D eigenvalue weighted by Gasteiger charge is 2.20. The fraction of sp³-hybridized carbons (Fsp3) is 0.769. The van der Waals surface area contributed by atoms with E-state index in [4.69, 9.17) is 0 Å². The van der Waals surface area contributed by atoms with Gasteiger partial charge in [-0.3, -0.25) is 0 Å². The Hall–Kier alpha value is -0.830. The van der Waals surface area contributed by atoms with Gasteiger partial charge in [-0.2, -0.15) is 0 Å². The van der Waals surface area contributed by atoms with E-state index < -0.39 is 0 Å². The summed E-state index contributed by atoms with van der Waals surface area (Å²) >= 11 is 0. The molecule has 1 heterocycles. The van der Waals surface area contributed by atoms with Gasteiger partial charge in [0.15, 0.2) is 0 Å². The number of imidazole rings is 1. The molecule has 2 atom stereocenters. The molecule has 1 aromatic heterocycles. The Kier molecular flexibility index (Phi) is 5.53. The molecule has 0 spiro atoms. The zero-order chi connectivity index (χ0) is 12.0. The third-order valence-electron chi connectivity index (χ3n) is 3.20. The summed E-state index contributed by atoms with van der Waals surface area (Å²) in [6, 6.07) is 0.535. The Labute approximate surface area is 99.3 Å². The Morgan fingerprint density at radius 2 is 2.12 bits per heavy atom. The Morgan fingerprint density at radius 3 is 2.69 bits per heavy atom. The molecule has 0 amide bonds. The standard InChI is InChI=1S/C13H25N3/c1-5-8-14-12(6-2)11(4)13-15-9-10-16(13)7-3/h9-12,14H,5-8H2,1-4H3. The number of nitrogens with one attached hydrogen (secondary N) is 1. The third kappa shape index (κ3) is 3.08. The number of nitrogens with zero attached hydrogens (tertiary/aromatic N) is 2. The largest absolute Gasteiger partial charge is 0.335 e. The van der Waals surface area contributed by atoms with Gasteiger partial charge in [-0.1, -0.05) is 20.8 Å². The van der Waals surface area contributed by atoms with Crippen molar-refractivity contribution in [2.45, 2.75) is 59.0 Å². The molecule has 1 N–H and O–H groups in total. The lowest BCUT2D eigenvalue weighted by Crippen LogP contribution is -2.34. The van der Waals surface area contributed by atoms with Gasteiger partial charge in [0.2, 0.25) is 0 Å². The Balaban J connectivity index is 2.70. The average molecular weight is 223 g/mol. The number of hydrogen-bond acceptors (Lipinski definition) is 2. The minimum Gasteiger partial charge on any atom is -0.335 e. The molecule has 1 aromatic rings. The van der Waals surface area contributed by atoms with Gasteiger partial charge in [-0.15, -0.1) is 0 Å². The minimum absolute atomic E-state index is 0.478. The Morgan fingerprint density at radius 1 is 1.38 bits per heavy atom. The average Bonchev–Trinajstić information content (AvgIpc) is 2.77. The number of aromatic nitrogens is 2. The van der Waals surface area contributed by atoms with Crippen LogP contribution in [0.4, 0.5) is 0 Å². The molecule has 0 aliphatic carbocycles. The molecule has 3 heteroatoms. The van der Waals surface area contributed by atoms with Crippen molar-refractivity contribution >= 4 is 0 Å². The zero-order valence-corrected chi connectivity index (χ0v) is 11.0. The van der Waals surface area contributed by atoms with Gasteiger partial charge in [0.05, 0.1) is 0 Å². The maximum atomic E-state index is 4.49. The summed E-state index contributed by atoms with van der Waals surface area (Å²) in [5.74, 6) is 1.68. The van der Waals surface area contributed by atoms with E-state index in [1.807, 2.05) is 6.20 Å². The highest BCUT2D eigenvalue weighted by Crippen LogP contribution is 2.19. The van der Waals surface area contributed by atoms with Crippen LogP contribution >= 0.6 is 0 Å². The van der Waals surface area contributed by atoms with Crippen LogP contribution in [0, 0.1) is 0 Å². The summed E-state index contributed by atoms with van der Waals surface area (Å²) in [6.07, 6.45) is 6.31. The van der Waals surface area contributed by atoms with Gasteiger partial charge in [0, 0.05) is 30.9 Å². The van der Waals surface area contributed by atoms with E-state index in [1.165, 1.54) is 12.2 Å². The molecular weight excluding hydrogens is 198 g/mol. The number of hydrogen-bond donors (Lipinski definition) is 1. The molecule has 3 nitrogen and oxygen atoms in total. The predicted molar refractivity (Wildman–Crippen MR) is 68.7 cm³/mol. The lowest BCUT2D eigenvalue weighted by atomic mass is 9.98. The third-order valence-corrected chi connectivity index (χ3v) is 3.20. The smallest absolute Gasteiger partial charge is 0.113 e. The second-order valence-electron chi connectivity index (χ2n) is 4.33. The normalized spacial score (nSPS) is 15.0. The molecule has 0 radical (unpaired) electrons. The van der Waals surface area contributed by atoms with Crippen molar-refractivity contribution in [3.63, 3.8) is 0 Å². The molecule has 0 aliphatic rings. The summed E-state index contributed by atoms with van der Waals surface area (Å²) in [5.41, 5.74) is 0. The van der Waals surface area contributed by atoms with Crippen molar-refractivity contribution in [2.24, 2.45) is 0 Å². The SMILES string of the molecule is CCCNC(CC)C(C)c1nccn1CC. The molecule has 1 rings (SSSR count). The number of rotatable bonds is 7. The maximum absolute atomic E-state index is 4.49. The van der Waals surface area contributed by atoms with Crippen LogP contribution in [-0.4, -0.2) is 22.1 Å². The lowest BCUT2D eigenvalue weighted by Gasteiger charge is -2.24. The first kappa shape index (κ1) is 13.2. The van der Waals surface area contributed by atoms with Crippen molar-refractivity contribution in [1.82, 2.24) is 14.9 Å². The van der Waals surface area contributed by atoms with Gasteiger partial charge in [-0.05, 0) is 26.3 Å². The quantitative estimate of drug-likeness (QED) is 0.770. The molecule has 0 saturated heterocycles. The monoisotopic (exact) mass is 223 g/mol. The summed E-state index contributed by atoms with van der Waals surface area (Å²) in [5, 5.41) is 3.61. The Bertz CT molecular complexity index is 293. The van der Waals surface area contributed by atoms with Crippen molar-refractivity contribution in [2.75, 3.05) is 6.54 Å². The van der Waals surface area contributed by atoms with Crippen molar-refractivity contribution in [1.29, 1.82) is 0 Å². The first-order valence-electron chi connectivity index (χ1n) is 6.48. The van der Waals surface area contributed by atoms with E-state index >= 15 is 0 Å². The van der Waals surface area contributed by atoms with E-state index in [0.29, 0.717) is 12.0 Å². The van der Waals surface area contributed by atoms with Crippen molar-refractivity contribution in [3.05, 3.63) is 18.2 Å². The molecule has 0 aliphatic heterocycles. The van der Waals surface area contributed by atoms with Gasteiger partial charge >= 0.3 is 0 Å². The van der Waals surface area contributed by atoms with Gasteiger partial charge in [0.25, 0.3) is 0 Å². The highest BCUT2D eigenvalue weighted by molar-refractivity contribution is 5.03. The fourth-order valence-corrected chi connectivity index (χ4v) is 2.17. The first-order chi connectivity index (χ1) is 7.74. The van der Waals surface area contributed by atoms with E-state index in [9.17, 15) is 0 Å². The van der Waals surface area contributed by atoms with Gasteiger partial charge < -0.3 is 9.88 Å². The molecule has 0 aromatic carbocycles. The molecule has 0 bridgehead atoms. The van der Waals surface area contributed by atoms with E-state index in [1.54, 1.807) is 0 Å². The van der Waals surface area contributed by atoms with Crippen LogP contribution in [0.1, 0.15) is 52.3 Å². The number of aryl methyl sites for hydroxylation is 1. The first-order valence-corrected chi connectivity index (χ1v) is 6.48. The second-order valence-corrected chi connectivity index (χ2v) is 4.33. The summed E-state index contributed by atoms with van der Waals surface area (Å²) in [7, 11) is 0. The van der Waals surface area contributed by atoms with Crippen LogP contribution in [0.15, 0.2) is 12.4 Å². The van der Waals surface area contributed by atoms with Crippen molar-refractivity contribution in [3.8, 4) is 0 Å². The fourth-order valence-electron chi connectivity index (χ4n) is 2.17. The van der Waals surface area contributed by atoms with Crippen LogP contribution in [0.2, 0.25) is 0 Å². The van der Waals surface area contributed by atoms with Crippen molar-refractivity contribution < 1.29 is 0 Å². The van der Waals surface area contributed by atoms with Crippen LogP contribution in [0.3, 0.4) is 0 Å².